The Hall–Kier alpha value is -4.35. The van der Waals surface area contributed by atoms with Gasteiger partial charge in [0.25, 0.3) is 0 Å². The van der Waals surface area contributed by atoms with E-state index in [1.165, 1.54) is 16.8 Å². The zero-order valence-corrected chi connectivity index (χ0v) is 20.5. The van der Waals surface area contributed by atoms with Crippen molar-refractivity contribution in [1.29, 1.82) is 0 Å². The van der Waals surface area contributed by atoms with E-state index in [2.05, 4.69) is 15.6 Å². The van der Waals surface area contributed by atoms with Crippen molar-refractivity contribution in [2.75, 3.05) is 0 Å². The topological polar surface area (TPSA) is 157 Å². The summed E-state index contributed by atoms with van der Waals surface area (Å²) in [5.74, 6) is -1.67. The van der Waals surface area contributed by atoms with Crippen LogP contribution in [0.15, 0.2) is 96.0 Å². The van der Waals surface area contributed by atoms with Gasteiger partial charge in [0.15, 0.2) is 0 Å². The van der Waals surface area contributed by atoms with E-state index in [9.17, 15) is 23.1 Å². The first-order chi connectivity index (χ1) is 17.7. The number of carbonyl (C=O) groups is 2. The second kappa shape index (κ2) is 11.1. The Bertz CT molecular complexity index is 1470. The number of nitrogens with two attached hydrogens (primary N) is 1. The SMILES string of the molecule is NS(=O)(=O)c1ccc(-c2cn([C@@H](Cc3ccccc3)C(=O)NC(Cc3ccccc3)C(=O)O)nn2)cc1. The highest BCUT2D eigenvalue weighted by molar-refractivity contribution is 7.89. The summed E-state index contributed by atoms with van der Waals surface area (Å²) >= 11 is 0. The first-order valence-electron chi connectivity index (χ1n) is 11.4. The Balaban J connectivity index is 1.60. The number of nitrogens with one attached hydrogen (secondary N) is 1. The zero-order valence-electron chi connectivity index (χ0n) is 19.6. The fourth-order valence-electron chi connectivity index (χ4n) is 3.84. The summed E-state index contributed by atoms with van der Waals surface area (Å²) in [7, 11) is -3.84. The number of primary sulfonamides is 1. The lowest BCUT2D eigenvalue weighted by Gasteiger charge is -2.21. The van der Waals surface area contributed by atoms with E-state index in [4.69, 9.17) is 5.14 Å². The number of nitrogens with zero attached hydrogens (tertiary/aromatic N) is 3. The molecule has 0 bridgehead atoms. The molecular weight excluding hydrogens is 494 g/mol. The van der Waals surface area contributed by atoms with Gasteiger partial charge in [-0.3, -0.25) is 4.79 Å². The molecule has 11 heteroatoms. The molecular formula is C26H25N5O5S. The molecule has 4 N–H and O–H groups in total. The third kappa shape index (κ3) is 6.66. The van der Waals surface area contributed by atoms with E-state index < -0.39 is 34.0 Å². The Kier molecular flexibility index (Phi) is 7.75. The van der Waals surface area contributed by atoms with Gasteiger partial charge in [-0.1, -0.05) is 78.0 Å². The Morgan fingerprint density at radius 3 is 2.00 bits per heavy atom. The smallest absolute Gasteiger partial charge is 0.326 e. The van der Waals surface area contributed by atoms with Crippen molar-refractivity contribution < 1.29 is 23.1 Å². The minimum Gasteiger partial charge on any atom is -0.480 e. The molecule has 1 unspecified atom stereocenters. The summed E-state index contributed by atoms with van der Waals surface area (Å²) in [6.07, 6.45) is 1.93. The predicted octanol–water partition coefficient (Wildman–Crippen LogP) is 2.19. The van der Waals surface area contributed by atoms with E-state index in [1.54, 1.807) is 42.6 Å². The summed E-state index contributed by atoms with van der Waals surface area (Å²) in [4.78, 5) is 25.3. The average molecular weight is 520 g/mol. The molecule has 0 spiro atoms. The quantitative estimate of drug-likeness (QED) is 0.290. The summed E-state index contributed by atoms with van der Waals surface area (Å²) in [6.45, 7) is 0. The summed E-state index contributed by atoms with van der Waals surface area (Å²) in [6, 6.07) is 22.1. The summed E-state index contributed by atoms with van der Waals surface area (Å²) in [5.41, 5.74) is 2.61. The maximum Gasteiger partial charge on any atom is 0.326 e. The van der Waals surface area contributed by atoms with Crippen molar-refractivity contribution in [3.05, 3.63) is 102 Å². The third-order valence-corrected chi connectivity index (χ3v) is 6.71. The van der Waals surface area contributed by atoms with E-state index in [0.717, 1.165) is 11.1 Å². The molecule has 0 saturated heterocycles. The number of carboxylic acids is 1. The minimum absolute atomic E-state index is 0.0388. The van der Waals surface area contributed by atoms with Crippen molar-refractivity contribution in [2.24, 2.45) is 5.14 Å². The highest BCUT2D eigenvalue weighted by atomic mass is 32.2. The molecule has 0 fully saturated rings. The van der Waals surface area contributed by atoms with Crippen molar-refractivity contribution >= 4 is 21.9 Å². The number of benzene rings is 3. The standard InChI is InChI=1S/C26H25N5O5S/c27-37(35,36)21-13-11-20(12-14-21)23-17-31(30-29-23)24(16-19-9-5-2-6-10-19)25(32)28-22(26(33)34)15-18-7-3-1-4-8-18/h1-14,17,22,24H,15-16H2,(H,28,32)(H,33,34)(H2,27,35,36)/t22?,24-/m0/s1. The van der Waals surface area contributed by atoms with Crippen LogP contribution in [-0.4, -0.2) is 46.4 Å². The van der Waals surface area contributed by atoms with Crippen LogP contribution in [0.5, 0.6) is 0 Å². The van der Waals surface area contributed by atoms with Crippen LogP contribution < -0.4 is 10.5 Å². The normalized spacial score (nSPS) is 13.0. The molecule has 0 aliphatic rings. The van der Waals surface area contributed by atoms with Gasteiger partial charge in [0.2, 0.25) is 15.9 Å². The largest absolute Gasteiger partial charge is 0.480 e. The second-order valence-electron chi connectivity index (χ2n) is 8.45. The van der Waals surface area contributed by atoms with Gasteiger partial charge in [0, 0.05) is 18.4 Å². The number of sulfonamides is 1. The van der Waals surface area contributed by atoms with Crippen molar-refractivity contribution in [1.82, 2.24) is 20.3 Å². The fraction of sp³-hybridized carbons (Fsp3) is 0.154. The molecule has 0 aliphatic heterocycles. The van der Waals surface area contributed by atoms with E-state index in [-0.39, 0.29) is 17.7 Å². The number of aliphatic carboxylic acids is 1. The summed E-state index contributed by atoms with van der Waals surface area (Å²) in [5, 5.41) is 25.8. The van der Waals surface area contributed by atoms with Gasteiger partial charge >= 0.3 is 5.97 Å². The molecule has 10 nitrogen and oxygen atoms in total. The molecule has 37 heavy (non-hydrogen) atoms. The molecule has 0 radical (unpaired) electrons. The molecule has 2 atom stereocenters. The molecule has 1 amide bonds. The minimum atomic E-state index is -3.84. The molecule has 1 heterocycles. The van der Waals surface area contributed by atoms with Crippen molar-refractivity contribution in [2.45, 2.75) is 29.8 Å². The Labute approximate surface area is 213 Å². The van der Waals surface area contributed by atoms with Crippen molar-refractivity contribution in [3.63, 3.8) is 0 Å². The van der Waals surface area contributed by atoms with Crippen LogP contribution >= 0.6 is 0 Å². The van der Waals surface area contributed by atoms with Crippen LogP contribution in [-0.2, 0) is 32.5 Å². The molecule has 1 aromatic heterocycles. The number of aromatic nitrogens is 3. The van der Waals surface area contributed by atoms with Gasteiger partial charge in [-0.05, 0) is 23.3 Å². The Morgan fingerprint density at radius 2 is 1.46 bits per heavy atom. The van der Waals surface area contributed by atoms with Crippen LogP contribution in [0.4, 0.5) is 0 Å². The van der Waals surface area contributed by atoms with Gasteiger partial charge in [-0.15, -0.1) is 5.10 Å². The first-order valence-corrected chi connectivity index (χ1v) is 12.9. The van der Waals surface area contributed by atoms with Crippen LogP contribution in [0.1, 0.15) is 17.2 Å². The Morgan fingerprint density at radius 1 is 0.892 bits per heavy atom. The number of rotatable bonds is 10. The van der Waals surface area contributed by atoms with Gasteiger partial charge in [0.1, 0.15) is 17.8 Å². The molecule has 0 aliphatic carbocycles. The van der Waals surface area contributed by atoms with Crippen molar-refractivity contribution in [3.8, 4) is 11.3 Å². The number of amides is 1. The highest BCUT2D eigenvalue weighted by Crippen LogP contribution is 2.22. The van der Waals surface area contributed by atoms with E-state index in [0.29, 0.717) is 11.3 Å². The predicted molar refractivity (Wildman–Crippen MR) is 136 cm³/mol. The van der Waals surface area contributed by atoms with Gasteiger partial charge < -0.3 is 10.4 Å². The monoisotopic (exact) mass is 519 g/mol. The number of carbonyl (C=O) groups excluding carboxylic acids is 1. The average Bonchev–Trinajstić information content (AvgIpc) is 3.37. The van der Waals surface area contributed by atoms with Crippen LogP contribution in [0.3, 0.4) is 0 Å². The van der Waals surface area contributed by atoms with Gasteiger partial charge in [0.05, 0.1) is 11.1 Å². The van der Waals surface area contributed by atoms with Crippen LogP contribution in [0, 0.1) is 0 Å². The maximum absolute atomic E-state index is 13.4. The molecule has 190 valence electrons. The molecule has 4 aromatic rings. The molecule has 4 rings (SSSR count). The third-order valence-electron chi connectivity index (χ3n) is 5.78. The molecule has 0 saturated carbocycles. The first kappa shape index (κ1) is 25.7. The lowest BCUT2D eigenvalue weighted by Crippen LogP contribution is -2.46. The van der Waals surface area contributed by atoms with Gasteiger partial charge in [-0.25, -0.2) is 23.0 Å². The summed E-state index contributed by atoms with van der Waals surface area (Å²) < 4.78 is 24.4. The maximum atomic E-state index is 13.4. The second-order valence-corrected chi connectivity index (χ2v) is 10.0. The van der Waals surface area contributed by atoms with E-state index >= 15 is 0 Å². The lowest BCUT2D eigenvalue weighted by molar-refractivity contribution is -0.142. The van der Waals surface area contributed by atoms with E-state index in [1.807, 2.05) is 36.4 Å². The molecule has 3 aromatic carbocycles. The fourth-order valence-corrected chi connectivity index (χ4v) is 4.35. The van der Waals surface area contributed by atoms with Gasteiger partial charge in [-0.2, -0.15) is 0 Å². The number of carboxylic acid groups (broad SMARTS) is 1. The lowest BCUT2D eigenvalue weighted by atomic mass is 10.0. The van der Waals surface area contributed by atoms with Crippen LogP contribution in [0.25, 0.3) is 11.3 Å². The number of hydrogen-bond donors (Lipinski definition) is 3. The van der Waals surface area contributed by atoms with Crippen LogP contribution in [0.2, 0.25) is 0 Å². The zero-order chi connectivity index (χ0) is 26.4. The number of hydrogen-bond acceptors (Lipinski definition) is 6. The highest BCUT2D eigenvalue weighted by Gasteiger charge is 2.28.